The van der Waals surface area contributed by atoms with E-state index in [1.807, 2.05) is 0 Å². The van der Waals surface area contributed by atoms with Crippen molar-refractivity contribution in [2.24, 2.45) is 0 Å². The number of nitrogens with zero attached hydrogens (tertiary/aromatic N) is 1. The molecule has 30 heavy (non-hydrogen) atoms. The minimum Gasteiger partial charge on any atom is -0.484 e. The first kappa shape index (κ1) is 21.1. The van der Waals surface area contributed by atoms with Crippen molar-refractivity contribution in [2.45, 2.75) is 12.7 Å². The molecule has 0 radical (unpaired) electrons. The van der Waals surface area contributed by atoms with E-state index in [2.05, 4.69) is 10.3 Å². The average molecular weight is 420 g/mol. The highest BCUT2D eigenvalue weighted by Crippen LogP contribution is 2.30. The van der Waals surface area contributed by atoms with E-state index in [-0.39, 0.29) is 24.8 Å². The number of nitrogens with one attached hydrogen (secondary N) is 1. The van der Waals surface area contributed by atoms with Gasteiger partial charge in [0.25, 0.3) is 5.91 Å². The van der Waals surface area contributed by atoms with Crippen LogP contribution in [0.1, 0.15) is 11.1 Å². The summed E-state index contributed by atoms with van der Waals surface area (Å²) in [7, 11) is 0. The zero-order valence-electron chi connectivity index (χ0n) is 15.4. The highest BCUT2D eigenvalue weighted by atomic mass is 19.4. The molecule has 3 rings (SSSR count). The summed E-state index contributed by atoms with van der Waals surface area (Å²) >= 11 is 0. The van der Waals surface area contributed by atoms with Crippen LogP contribution in [0.25, 0.3) is 0 Å². The molecular weight excluding hydrogens is 404 g/mol. The van der Waals surface area contributed by atoms with Gasteiger partial charge in [0.15, 0.2) is 6.61 Å². The van der Waals surface area contributed by atoms with Crippen molar-refractivity contribution < 1.29 is 31.8 Å². The van der Waals surface area contributed by atoms with E-state index in [1.54, 1.807) is 18.2 Å². The molecule has 1 aromatic heterocycles. The van der Waals surface area contributed by atoms with Gasteiger partial charge in [0.1, 0.15) is 17.3 Å². The number of ether oxygens (including phenoxy) is 2. The number of pyridine rings is 1. The maximum Gasteiger partial charge on any atom is 0.416 e. The molecule has 2 aromatic carbocycles. The number of halogens is 4. The molecule has 156 valence electrons. The monoisotopic (exact) mass is 420 g/mol. The van der Waals surface area contributed by atoms with Gasteiger partial charge in [-0.2, -0.15) is 13.2 Å². The lowest BCUT2D eigenvalue weighted by atomic mass is 10.2. The Morgan fingerprint density at radius 2 is 1.77 bits per heavy atom. The van der Waals surface area contributed by atoms with Crippen LogP contribution in [-0.2, 0) is 17.5 Å². The molecule has 0 bridgehead atoms. The molecule has 0 unspecified atom stereocenters. The number of hydrogen-bond donors (Lipinski definition) is 1. The fourth-order valence-electron chi connectivity index (χ4n) is 2.37. The molecule has 0 saturated carbocycles. The third-order valence-electron chi connectivity index (χ3n) is 3.86. The molecule has 1 N–H and O–H groups in total. The third kappa shape index (κ3) is 6.20. The Balaban J connectivity index is 1.44. The standard InChI is InChI=1S/C21H16F4N2O3/c22-16-2-1-3-18(10-16)30-20-9-4-14(12-27-20)11-26-19(28)13-29-17-7-5-15(6-8-17)21(23,24)25/h1-10,12H,11,13H2,(H,26,28). The second-order valence-electron chi connectivity index (χ2n) is 6.15. The van der Waals surface area contributed by atoms with Crippen LogP contribution in [0.4, 0.5) is 17.6 Å². The molecule has 0 atom stereocenters. The molecule has 0 fully saturated rings. The van der Waals surface area contributed by atoms with Crippen molar-refractivity contribution in [3.05, 3.63) is 83.8 Å². The summed E-state index contributed by atoms with van der Waals surface area (Å²) in [6.45, 7) is -0.179. The van der Waals surface area contributed by atoms with Crippen molar-refractivity contribution >= 4 is 5.91 Å². The zero-order valence-corrected chi connectivity index (χ0v) is 15.4. The summed E-state index contributed by atoms with van der Waals surface area (Å²) < 4.78 is 61.3. The van der Waals surface area contributed by atoms with Crippen LogP contribution in [0, 0.1) is 5.82 Å². The lowest BCUT2D eigenvalue weighted by Crippen LogP contribution is -2.28. The Hall–Kier alpha value is -3.62. The Labute approximate surface area is 169 Å². The number of hydrogen-bond acceptors (Lipinski definition) is 4. The van der Waals surface area contributed by atoms with Crippen molar-refractivity contribution in [3.8, 4) is 17.4 Å². The SMILES string of the molecule is O=C(COc1ccc(C(F)(F)F)cc1)NCc1ccc(Oc2cccc(F)c2)nc1. The topological polar surface area (TPSA) is 60.5 Å². The lowest BCUT2D eigenvalue weighted by Gasteiger charge is -2.10. The number of carbonyl (C=O) groups excluding carboxylic acids is 1. The van der Waals surface area contributed by atoms with Crippen molar-refractivity contribution in [1.82, 2.24) is 10.3 Å². The van der Waals surface area contributed by atoms with E-state index in [1.165, 1.54) is 24.4 Å². The van der Waals surface area contributed by atoms with Crippen LogP contribution >= 0.6 is 0 Å². The quantitative estimate of drug-likeness (QED) is 0.562. The molecule has 0 spiro atoms. The van der Waals surface area contributed by atoms with Gasteiger partial charge in [-0.1, -0.05) is 12.1 Å². The molecule has 1 heterocycles. The lowest BCUT2D eigenvalue weighted by molar-refractivity contribution is -0.137. The molecule has 0 aliphatic heterocycles. The van der Waals surface area contributed by atoms with E-state index in [9.17, 15) is 22.4 Å². The zero-order chi connectivity index (χ0) is 21.6. The molecule has 0 saturated heterocycles. The number of carbonyl (C=O) groups is 1. The highest BCUT2D eigenvalue weighted by molar-refractivity contribution is 5.77. The fraction of sp³-hybridized carbons (Fsp3) is 0.143. The normalized spacial score (nSPS) is 11.1. The van der Waals surface area contributed by atoms with Crippen LogP contribution in [-0.4, -0.2) is 17.5 Å². The number of rotatable bonds is 7. The summed E-state index contributed by atoms with van der Waals surface area (Å²) in [5, 5.41) is 2.61. The average Bonchev–Trinajstić information content (AvgIpc) is 2.71. The Morgan fingerprint density at radius 1 is 1.00 bits per heavy atom. The van der Waals surface area contributed by atoms with Gasteiger partial charge in [-0.15, -0.1) is 0 Å². The van der Waals surface area contributed by atoms with E-state index >= 15 is 0 Å². The smallest absolute Gasteiger partial charge is 0.416 e. The van der Waals surface area contributed by atoms with Gasteiger partial charge in [-0.05, 0) is 42.0 Å². The minimum atomic E-state index is -4.43. The number of amides is 1. The van der Waals surface area contributed by atoms with Crippen LogP contribution < -0.4 is 14.8 Å². The summed E-state index contributed by atoms with van der Waals surface area (Å²) in [4.78, 5) is 15.9. The first-order valence-corrected chi connectivity index (χ1v) is 8.75. The molecule has 9 heteroatoms. The van der Waals surface area contributed by atoms with Crippen LogP contribution in [0.5, 0.6) is 17.4 Å². The summed E-state index contributed by atoms with van der Waals surface area (Å²) in [6, 6.07) is 13.0. The van der Waals surface area contributed by atoms with E-state index in [4.69, 9.17) is 9.47 Å². The van der Waals surface area contributed by atoms with Crippen LogP contribution in [0.2, 0.25) is 0 Å². The molecule has 0 aliphatic rings. The largest absolute Gasteiger partial charge is 0.484 e. The van der Waals surface area contributed by atoms with Gasteiger partial charge in [0, 0.05) is 24.9 Å². The summed E-state index contributed by atoms with van der Waals surface area (Å²) in [6.07, 6.45) is -2.94. The van der Waals surface area contributed by atoms with Crippen molar-refractivity contribution in [2.75, 3.05) is 6.61 Å². The molecule has 3 aromatic rings. The van der Waals surface area contributed by atoms with Crippen LogP contribution in [0.3, 0.4) is 0 Å². The minimum absolute atomic E-state index is 0.152. The van der Waals surface area contributed by atoms with Gasteiger partial charge in [-0.3, -0.25) is 4.79 Å². The highest BCUT2D eigenvalue weighted by Gasteiger charge is 2.30. The van der Waals surface area contributed by atoms with Crippen molar-refractivity contribution in [3.63, 3.8) is 0 Å². The Kier molecular flexibility index (Phi) is 6.51. The molecule has 1 amide bonds. The molecular formula is C21H16F4N2O3. The predicted octanol–water partition coefficient (Wildman–Crippen LogP) is 4.73. The number of alkyl halides is 3. The summed E-state index contributed by atoms with van der Waals surface area (Å²) in [5.41, 5.74) is -0.110. The maximum absolute atomic E-state index is 13.2. The third-order valence-corrected chi connectivity index (χ3v) is 3.86. The van der Waals surface area contributed by atoms with Crippen molar-refractivity contribution in [1.29, 1.82) is 0 Å². The summed E-state index contributed by atoms with van der Waals surface area (Å²) in [5.74, 6) is -0.149. The van der Waals surface area contributed by atoms with Gasteiger partial charge in [0.2, 0.25) is 5.88 Å². The van der Waals surface area contributed by atoms with Gasteiger partial charge in [-0.25, -0.2) is 9.37 Å². The first-order valence-electron chi connectivity index (χ1n) is 8.75. The Bertz CT molecular complexity index is 990. The maximum atomic E-state index is 13.2. The Morgan fingerprint density at radius 3 is 2.40 bits per heavy atom. The second-order valence-corrected chi connectivity index (χ2v) is 6.15. The number of aromatic nitrogens is 1. The van der Waals surface area contributed by atoms with Gasteiger partial charge in [0.05, 0.1) is 5.56 Å². The second kappa shape index (κ2) is 9.25. The van der Waals surface area contributed by atoms with Crippen LogP contribution in [0.15, 0.2) is 66.9 Å². The van der Waals surface area contributed by atoms with E-state index in [0.29, 0.717) is 11.3 Å². The van der Waals surface area contributed by atoms with E-state index in [0.717, 1.165) is 24.3 Å². The first-order chi connectivity index (χ1) is 14.3. The fourth-order valence-corrected chi connectivity index (χ4v) is 2.37. The predicted molar refractivity (Wildman–Crippen MR) is 99.5 cm³/mol. The van der Waals surface area contributed by atoms with E-state index < -0.39 is 23.5 Å². The molecule has 5 nitrogen and oxygen atoms in total. The molecule has 0 aliphatic carbocycles. The van der Waals surface area contributed by atoms with Gasteiger partial charge >= 0.3 is 6.18 Å². The number of benzene rings is 2. The van der Waals surface area contributed by atoms with Gasteiger partial charge < -0.3 is 14.8 Å².